The van der Waals surface area contributed by atoms with Crippen LogP contribution in [0.3, 0.4) is 0 Å². The van der Waals surface area contributed by atoms with E-state index in [2.05, 4.69) is 115 Å². The first-order valence-corrected chi connectivity index (χ1v) is 19.6. The van der Waals surface area contributed by atoms with Crippen LogP contribution in [0.2, 0.25) is 0 Å². The highest BCUT2D eigenvalue weighted by atomic mass is 32.1. The van der Waals surface area contributed by atoms with Gasteiger partial charge in [-0.15, -0.1) is 11.3 Å². The number of rotatable bonds is 5. The Morgan fingerprint density at radius 3 is 1.79 bits per heavy atom. The van der Waals surface area contributed by atoms with Gasteiger partial charge in [0.05, 0.1) is 17.1 Å². The summed E-state index contributed by atoms with van der Waals surface area (Å²) in [6, 6.07) is 61.0. The highest BCUT2D eigenvalue weighted by molar-refractivity contribution is 7.25. The van der Waals surface area contributed by atoms with Crippen LogP contribution in [0.1, 0.15) is 5.56 Å². The van der Waals surface area contributed by atoms with Crippen LogP contribution in [0.15, 0.2) is 176 Å². The third kappa shape index (κ3) is 5.60. The fraction of sp³-hybridized carbons (Fsp3) is 0. The lowest BCUT2D eigenvalue weighted by Gasteiger charge is -2.16. The molecule has 0 N–H and O–H groups in total. The van der Waals surface area contributed by atoms with E-state index in [9.17, 15) is 5.26 Å². The van der Waals surface area contributed by atoms with E-state index in [1.54, 1.807) is 11.3 Å². The smallest absolute Gasteiger partial charge is 0.164 e. The molecule has 8 aromatic carbocycles. The standard InChI is InChI=1S/C51H29N5S/c52-30-31-19-21-32(22-20-31)42-28-45-41-17-9-25-53-48(41)43(29-44(45)38-15-5-4-14-37(38)42)34-12-8-13-35(26-34)50-54-49(33-10-2-1-3-11-33)55-51(56-50)36-23-24-40-39-16-6-7-18-46(39)57-47(40)27-36/h1-29H. The SMILES string of the molecule is N#Cc1ccc(-c2cc3c4cccnc4c(-c4cccc(-c5nc(-c6ccccc6)nc(-c6ccc7c(c6)sc6ccccc67)n5)c4)cc3c3ccccc23)cc1. The number of aromatic nitrogens is 4. The van der Waals surface area contributed by atoms with E-state index in [1.165, 1.54) is 20.2 Å². The van der Waals surface area contributed by atoms with Gasteiger partial charge in [-0.1, -0.05) is 121 Å². The maximum atomic E-state index is 9.44. The summed E-state index contributed by atoms with van der Waals surface area (Å²) < 4.78 is 2.46. The molecule has 264 valence electrons. The minimum atomic E-state index is 0.604. The summed E-state index contributed by atoms with van der Waals surface area (Å²) in [6.07, 6.45) is 1.86. The van der Waals surface area contributed by atoms with Crippen LogP contribution in [0.4, 0.5) is 0 Å². The Balaban J connectivity index is 1.09. The summed E-state index contributed by atoms with van der Waals surface area (Å²) in [5, 5.41) is 17.6. The van der Waals surface area contributed by atoms with E-state index in [0.717, 1.165) is 71.4 Å². The van der Waals surface area contributed by atoms with Crippen molar-refractivity contribution in [2.24, 2.45) is 0 Å². The van der Waals surface area contributed by atoms with Crippen molar-refractivity contribution in [1.29, 1.82) is 5.26 Å². The molecular formula is C51H29N5S. The lowest BCUT2D eigenvalue weighted by molar-refractivity contribution is 1.07. The predicted molar refractivity (Wildman–Crippen MR) is 235 cm³/mol. The van der Waals surface area contributed by atoms with Crippen molar-refractivity contribution in [1.82, 2.24) is 19.9 Å². The zero-order valence-electron chi connectivity index (χ0n) is 30.4. The topological polar surface area (TPSA) is 75.3 Å². The summed E-state index contributed by atoms with van der Waals surface area (Å²) in [5.74, 6) is 1.86. The van der Waals surface area contributed by atoms with E-state index in [0.29, 0.717) is 23.0 Å². The minimum absolute atomic E-state index is 0.604. The van der Waals surface area contributed by atoms with Crippen LogP contribution in [-0.4, -0.2) is 19.9 Å². The molecule has 0 aliphatic rings. The van der Waals surface area contributed by atoms with Crippen molar-refractivity contribution >= 4 is 64.0 Å². The molecule has 6 heteroatoms. The van der Waals surface area contributed by atoms with E-state index in [1.807, 2.05) is 66.9 Å². The number of thiophene rings is 1. The molecular weight excluding hydrogens is 715 g/mol. The van der Waals surface area contributed by atoms with Gasteiger partial charge in [0.25, 0.3) is 0 Å². The molecule has 0 saturated carbocycles. The number of nitrogens with zero attached hydrogens (tertiary/aromatic N) is 5. The number of fused-ring (bicyclic) bond motifs is 8. The summed E-state index contributed by atoms with van der Waals surface area (Å²) >= 11 is 1.79. The molecule has 0 amide bonds. The van der Waals surface area contributed by atoms with Gasteiger partial charge < -0.3 is 0 Å². The summed E-state index contributed by atoms with van der Waals surface area (Å²) in [5.41, 5.74) is 8.57. The highest BCUT2D eigenvalue weighted by Crippen LogP contribution is 2.42. The van der Waals surface area contributed by atoms with E-state index in [4.69, 9.17) is 19.9 Å². The number of nitriles is 1. The van der Waals surface area contributed by atoms with Crippen molar-refractivity contribution in [3.05, 3.63) is 182 Å². The zero-order chi connectivity index (χ0) is 37.9. The van der Waals surface area contributed by atoms with Crippen molar-refractivity contribution in [3.8, 4) is 62.5 Å². The molecule has 3 heterocycles. The van der Waals surface area contributed by atoms with E-state index >= 15 is 0 Å². The largest absolute Gasteiger partial charge is 0.256 e. The second-order valence-electron chi connectivity index (χ2n) is 14.1. The minimum Gasteiger partial charge on any atom is -0.256 e. The Hall–Kier alpha value is -7.59. The molecule has 0 aliphatic carbocycles. The Morgan fingerprint density at radius 2 is 0.982 bits per heavy atom. The zero-order valence-corrected chi connectivity index (χ0v) is 31.2. The predicted octanol–water partition coefficient (Wildman–Crippen LogP) is 13.3. The Labute approximate surface area is 331 Å². The molecule has 11 aromatic rings. The number of hydrogen-bond donors (Lipinski definition) is 0. The Kier molecular flexibility index (Phi) is 7.66. The van der Waals surface area contributed by atoms with Gasteiger partial charge in [-0.25, -0.2) is 15.0 Å². The fourth-order valence-electron chi connectivity index (χ4n) is 8.05. The lowest BCUT2D eigenvalue weighted by atomic mass is 9.89. The molecule has 5 nitrogen and oxygen atoms in total. The van der Waals surface area contributed by atoms with Crippen LogP contribution in [-0.2, 0) is 0 Å². The molecule has 11 rings (SSSR count). The normalized spacial score (nSPS) is 11.5. The van der Waals surface area contributed by atoms with Crippen molar-refractivity contribution < 1.29 is 0 Å². The summed E-state index contributed by atoms with van der Waals surface area (Å²) in [4.78, 5) is 20.3. The van der Waals surface area contributed by atoms with E-state index < -0.39 is 0 Å². The summed E-state index contributed by atoms with van der Waals surface area (Å²) in [7, 11) is 0. The second-order valence-corrected chi connectivity index (χ2v) is 15.2. The highest BCUT2D eigenvalue weighted by Gasteiger charge is 2.18. The maximum Gasteiger partial charge on any atom is 0.164 e. The molecule has 0 unspecified atom stereocenters. The van der Waals surface area contributed by atoms with Gasteiger partial charge in [-0.3, -0.25) is 4.98 Å². The third-order valence-electron chi connectivity index (χ3n) is 10.8. The van der Waals surface area contributed by atoms with Crippen LogP contribution < -0.4 is 0 Å². The average Bonchev–Trinajstić information content (AvgIpc) is 3.67. The molecule has 3 aromatic heterocycles. The maximum absolute atomic E-state index is 9.44. The van der Waals surface area contributed by atoms with Gasteiger partial charge in [0.1, 0.15) is 0 Å². The van der Waals surface area contributed by atoms with Crippen molar-refractivity contribution in [2.45, 2.75) is 0 Å². The number of hydrogen-bond acceptors (Lipinski definition) is 6. The second kappa shape index (κ2) is 13.3. The van der Waals surface area contributed by atoms with Crippen LogP contribution in [0.25, 0.3) is 109 Å². The van der Waals surface area contributed by atoms with Gasteiger partial charge >= 0.3 is 0 Å². The first kappa shape index (κ1) is 32.8. The van der Waals surface area contributed by atoms with Gasteiger partial charge in [0, 0.05) is 54.0 Å². The molecule has 0 aliphatic heterocycles. The lowest BCUT2D eigenvalue weighted by Crippen LogP contribution is -2.00. The molecule has 57 heavy (non-hydrogen) atoms. The van der Waals surface area contributed by atoms with Gasteiger partial charge in [0.15, 0.2) is 17.5 Å². The van der Waals surface area contributed by atoms with Gasteiger partial charge in [-0.05, 0) is 86.8 Å². The molecule has 0 bridgehead atoms. The summed E-state index contributed by atoms with van der Waals surface area (Å²) in [6.45, 7) is 0. The van der Waals surface area contributed by atoms with E-state index in [-0.39, 0.29) is 0 Å². The molecule has 0 spiro atoms. The van der Waals surface area contributed by atoms with Crippen molar-refractivity contribution in [2.75, 3.05) is 0 Å². The van der Waals surface area contributed by atoms with Crippen molar-refractivity contribution in [3.63, 3.8) is 0 Å². The van der Waals surface area contributed by atoms with Crippen LogP contribution in [0, 0.1) is 11.3 Å². The fourth-order valence-corrected chi connectivity index (χ4v) is 9.20. The van der Waals surface area contributed by atoms with Crippen LogP contribution >= 0.6 is 11.3 Å². The van der Waals surface area contributed by atoms with Gasteiger partial charge in [-0.2, -0.15) is 5.26 Å². The third-order valence-corrected chi connectivity index (χ3v) is 11.9. The molecule has 0 saturated heterocycles. The van der Waals surface area contributed by atoms with Crippen LogP contribution in [0.5, 0.6) is 0 Å². The Bertz CT molecular complexity index is 3420. The molecule has 0 radical (unpaired) electrons. The first-order chi connectivity index (χ1) is 28.2. The average molecular weight is 744 g/mol. The molecule has 0 fully saturated rings. The number of pyridine rings is 1. The quantitative estimate of drug-likeness (QED) is 0.164. The Morgan fingerprint density at radius 1 is 0.386 bits per heavy atom. The molecule has 0 atom stereocenters. The van der Waals surface area contributed by atoms with Gasteiger partial charge in [0.2, 0.25) is 0 Å². The number of benzene rings is 8. The first-order valence-electron chi connectivity index (χ1n) is 18.8. The monoisotopic (exact) mass is 743 g/mol.